The van der Waals surface area contributed by atoms with Gasteiger partial charge in [0.25, 0.3) is 0 Å². The molecule has 2 amide bonds. The predicted octanol–water partition coefficient (Wildman–Crippen LogP) is 4.76. The summed E-state index contributed by atoms with van der Waals surface area (Å²) in [5.41, 5.74) is 3.81. The Hall–Kier alpha value is -2.82. The van der Waals surface area contributed by atoms with Gasteiger partial charge in [-0.1, -0.05) is 25.1 Å². The van der Waals surface area contributed by atoms with Crippen molar-refractivity contribution in [1.82, 2.24) is 0 Å². The van der Waals surface area contributed by atoms with E-state index < -0.39 is 5.41 Å². The van der Waals surface area contributed by atoms with Crippen molar-refractivity contribution in [3.63, 3.8) is 0 Å². The fourth-order valence-electron chi connectivity index (χ4n) is 3.71. The number of nitrogens with one attached hydrogen (secondary N) is 2. The third-order valence-electron chi connectivity index (χ3n) is 5.85. The van der Waals surface area contributed by atoms with Crippen molar-refractivity contribution >= 4 is 28.9 Å². The van der Waals surface area contributed by atoms with Crippen LogP contribution in [0.4, 0.5) is 17.1 Å². The standard InChI is InChI=1S/C24H31N3O2/c1-5-18-10-8-9-17(4)21(18)26-23(29)24(15-16-24)22(28)25-19-11-13-20(14-12-19)27(6-2)7-3/h8-14H,5-7,15-16H2,1-4H3,(H,25,28)(H,26,29). The highest BCUT2D eigenvalue weighted by Gasteiger charge is 2.56. The number of benzene rings is 2. The zero-order valence-electron chi connectivity index (χ0n) is 17.8. The fourth-order valence-corrected chi connectivity index (χ4v) is 3.71. The first-order chi connectivity index (χ1) is 13.9. The number of hydrogen-bond acceptors (Lipinski definition) is 3. The molecule has 154 valence electrons. The predicted molar refractivity (Wildman–Crippen MR) is 119 cm³/mol. The number of aryl methyl sites for hydroxylation is 2. The van der Waals surface area contributed by atoms with E-state index in [0.717, 1.165) is 47.7 Å². The van der Waals surface area contributed by atoms with Crippen molar-refractivity contribution in [3.05, 3.63) is 53.6 Å². The quantitative estimate of drug-likeness (QED) is 0.636. The average molecular weight is 394 g/mol. The molecule has 5 heteroatoms. The maximum Gasteiger partial charge on any atom is 0.240 e. The van der Waals surface area contributed by atoms with E-state index in [1.807, 2.05) is 49.4 Å². The summed E-state index contributed by atoms with van der Waals surface area (Å²) in [6.07, 6.45) is 1.99. The van der Waals surface area contributed by atoms with Crippen molar-refractivity contribution in [3.8, 4) is 0 Å². The molecule has 5 nitrogen and oxygen atoms in total. The van der Waals surface area contributed by atoms with Crippen LogP contribution in [0.2, 0.25) is 0 Å². The van der Waals surface area contributed by atoms with Crippen molar-refractivity contribution in [1.29, 1.82) is 0 Å². The molecular formula is C24H31N3O2. The van der Waals surface area contributed by atoms with Crippen LogP contribution in [-0.4, -0.2) is 24.9 Å². The highest BCUT2D eigenvalue weighted by atomic mass is 16.2. The lowest BCUT2D eigenvalue weighted by molar-refractivity contribution is -0.131. The van der Waals surface area contributed by atoms with Gasteiger partial charge in [-0.15, -0.1) is 0 Å². The van der Waals surface area contributed by atoms with Gasteiger partial charge in [0.2, 0.25) is 11.8 Å². The van der Waals surface area contributed by atoms with Crippen LogP contribution >= 0.6 is 0 Å². The van der Waals surface area contributed by atoms with Gasteiger partial charge in [0.1, 0.15) is 5.41 Å². The number of nitrogens with zero attached hydrogens (tertiary/aromatic N) is 1. The molecule has 0 unspecified atom stereocenters. The Bertz CT molecular complexity index is 881. The smallest absolute Gasteiger partial charge is 0.240 e. The molecular weight excluding hydrogens is 362 g/mol. The molecule has 0 bridgehead atoms. The SMILES string of the molecule is CCc1cccc(C)c1NC(=O)C1(C(=O)Nc2ccc(N(CC)CC)cc2)CC1. The van der Waals surface area contributed by atoms with E-state index in [0.29, 0.717) is 12.8 Å². The van der Waals surface area contributed by atoms with Gasteiger partial charge in [0, 0.05) is 30.2 Å². The number of anilines is 3. The van der Waals surface area contributed by atoms with E-state index in [1.165, 1.54) is 0 Å². The molecule has 0 heterocycles. The van der Waals surface area contributed by atoms with E-state index in [-0.39, 0.29) is 11.8 Å². The minimum absolute atomic E-state index is 0.209. The van der Waals surface area contributed by atoms with Gasteiger partial charge < -0.3 is 15.5 Å². The summed E-state index contributed by atoms with van der Waals surface area (Å²) in [7, 11) is 0. The van der Waals surface area contributed by atoms with E-state index in [2.05, 4.69) is 36.3 Å². The summed E-state index contributed by atoms with van der Waals surface area (Å²) in [5.74, 6) is -0.434. The molecule has 0 aliphatic heterocycles. The number of carbonyl (C=O) groups excluding carboxylic acids is 2. The lowest BCUT2D eigenvalue weighted by Crippen LogP contribution is -2.36. The Morgan fingerprint density at radius 3 is 2.10 bits per heavy atom. The number of hydrogen-bond donors (Lipinski definition) is 2. The van der Waals surface area contributed by atoms with Gasteiger partial charge in [0.05, 0.1) is 0 Å². The van der Waals surface area contributed by atoms with E-state index in [4.69, 9.17) is 0 Å². The zero-order chi connectivity index (χ0) is 21.0. The summed E-state index contributed by atoms with van der Waals surface area (Å²) in [6.45, 7) is 10.1. The second-order valence-corrected chi connectivity index (χ2v) is 7.67. The molecule has 0 saturated heterocycles. The Labute approximate surface area is 173 Å². The van der Waals surface area contributed by atoms with Crippen molar-refractivity contribution in [2.75, 3.05) is 28.6 Å². The van der Waals surface area contributed by atoms with Gasteiger partial charge in [-0.2, -0.15) is 0 Å². The average Bonchev–Trinajstić information content (AvgIpc) is 3.54. The summed E-state index contributed by atoms with van der Waals surface area (Å²) in [6, 6.07) is 13.8. The van der Waals surface area contributed by atoms with Gasteiger partial charge >= 0.3 is 0 Å². The molecule has 1 fully saturated rings. The zero-order valence-corrected chi connectivity index (χ0v) is 17.8. The van der Waals surface area contributed by atoms with Crippen LogP contribution in [0.25, 0.3) is 0 Å². The first-order valence-electron chi connectivity index (χ1n) is 10.5. The number of amides is 2. The molecule has 3 rings (SSSR count). The molecule has 2 N–H and O–H groups in total. The first kappa shape index (κ1) is 20.9. The van der Waals surface area contributed by atoms with Crippen molar-refractivity contribution in [2.45, 2.75) is 47.0 Å². The molecule has 0 spiro atoms. The van der Waals surface area contributed by atoms with Crippen LogP contribution in [0.3, 0.4) is 0 Å². The van der Waals surface area contributed by atoms with E-state index >= 15 is 0 Å². The Balaban J connectivity index is 1.70. The number of para-hydroxylation sites is 1. The van der Waals surface area contributed by atoms with Gasteiger partial charge in [-0.25, -0.2) is 0 Å². The monoisotopic (exact) mass is 393 g/mol. The summed E-state index contributed by atoms with van der Waals surface area (Å²) >= 11 is 0. The van der Waals surface area contributed by atoms with Gasteiger partial charge in [-0.05, 0) is 75.4 Å². The van der Waals surface area contributed by atoms with Crippen molar-refractivity contribution in [2.24, 2.45) is 5.41 Å². The Morgan fingerprint density at radius 2 is 1.55 bits per heavy atom. The lowest BCUT2D eigenvalue weighted by Gasteiger charge is -2.21. The normalized spacial score (nSPS) is 14.2. The molecule has 1 aliphatic rings. The molecule has 1 aliphatic carbocycles. The summed E-state index contributed by atoms with van der Waals surface area (Å²) in [4.78, 5) is 28.2. The highest BCUT2D eigenvalue weighted by molar-refractivity contribution is 6.17. The maximum atomic E-state index is 13.0. The summed E-state index contributed by atoms with van der Waals surface area (Å²) < 4.78 is 0. The molecule has 29 heavy (non-hydrogen) atoms. The van der Waals surface area contributed by atoms with Crippen LogP contribution in [0.5, 0.6) is 0 Å². The van der Waals surface area contributed by atoms with Gasteiger partial charge in [-0.3, -0.25) is 9.59 Å². The second-order valence-electron chi connectivity index (χ2n) is 7.67. The third-order valence-corrected chi connectivity index (χ3v) is 5.85. The van der Waals surface area contributed by atoms with Crippen LogP contribution in [0.15, 0.2) is 42.5 Å². The third kappa shape index (κ3) is 4.29. The maximum absolute atomic E-state index is 13.0. The molecule has 0 radical (unpaired) electrons. The van der Waals surface area contributed by atoms with E-state index in [9.17, 15) is 9.59 Å². The topological polar surface area (TPSA) is 61.4 Å². The molecule has 1 saturated carbocycles. The second kappa shape index (κ2) is 8.68. The van der Waals surface area contributed by atoms with Crippen LogP contribution in [0.1, 0.15) is 44.7 Å². The molecule has 2 aromatic carbocycles. The minimum Gasteiger partial charge on any atom is -0.372 e. The number of rotatable bonds is 8. The van der Waals surface area contributed by atoms with Crippen LogP contribution in [-0.2, 0) is 16.0 Å². The Kier molecular flexibility index (Phi) is 6.26. The Morgan fingerprint density at radius 1 is 0.931 bits per heavy atom. The largest absolute Gasteiger partial charge is 0.372 e. The van der Waals surface area contributed by atoms with Crippen LogP contribution < -0.4 is 15.5 Å². The molecule has 0 aromatic heterocycles. The van der Waals surface area contributed by atoms with Crippen LogP contribution in [0, 0.1) is 12.3 Å². The molecule has 2 aromatic rings. The number of carbonyl (C=O) groups is 2. The lowest BCUT2D eigenvalue weighted by atomic mass is 10.0. The fraction of sp³-hybridized carbons (Fsp3) is 0.417. The van der Waals surface area contributed by atoms with Gasteiger partial charge in [0.15, 0.2) is 0 Å². The van der Waals surface area contributed by atoms with E-state index in [1.54, 1.807) is 0 Å². The first-order valence-corrected chi connectivity index (χ1v) is 10.5. The molecule has 0 atom stereocenters. The minimum atomic E-state index is -0.967. The van der Waals surface area contributed by atoms with Crippen molar-refractivity contribution < 1.29 is 9.59 Å². The summed E-state index contributed by atoms with van der Waals surface area (Å²) in [5, 5.41) is 5.97. The highest BCUT2D eigenvalue weighted by Crippen LogP contribution is 2.47.